The van der Waals surface area contributed by atoms with Crippen LogP contribution in [0.1, 0.15) is 23.4 Å². The molecule has 0 aliphatic rings. The normalized spacial score (nSPS) is 11.2. The van der Waals surface area contributed by atoms with Crippen molar-refractivity contribution in [3.05, 3.63) is 68.5 Å². The Balaban J connectivity index is 1.38. The maximum absolute atomic E-state index is 12.5. The minimum Gasteiger partial charge on any atom is -0.352 e. The van der Waals surface area contributed by atoms with E-state index in [1.807, 2.05) is 32.0 Å². The van der Waals surface area contributed by atoms with E-state index in [0.717, 1.165) is 21.5 Å². The Morgan fingerprint density at radius 3 is 2.53 bits per heavy atom. The molecular formula is C21H24N8O3. The van der Waals surface area contributed by atoms with E-state index >= 15 is 0 Å². The zero-order valence-corrected chi connectivity index (χ0v) is 18.4. The third-order valence-electron chi connectivity index (χ3n) is 5.32. The second-order valence-electron chi connectivity index (χ2n) is 7.71. The number of rotatable bonds is 6. The Kier molecular flexibility index (Phi) is 5.47. The van der Waals surface area contributed by atoms with E-state index in [1.54, 1.807) is 22.5 Å². The number of carbonyl (C=O) groups is 1. The van der Waals surface area contributed by atoms with Gasteiger partial charge in [-0.1, -0.05) is 6.07 Å². The van der Waals surface area contributed by atoms with Crippen LogP contribution < -0.4 is 16.6 Å². The van der Waals surface area contributed by atoms with Gasteiger partial charge in [-0.3, -0.25) is 18.7 Å². The quantitative estimate of drug-likeness (QED) is 0.465. The molecule has 4 rings (SSSR count). The van der Waals surface area contributed by atoms with Gasteiger partial charge in [0, 0.05) is 45.5 Å². The van der Waals surface area contributed by atoms with Gasteiger partial charge in [0.25, 0.3) is 5.56 Å². The highest BCUT2D eigenvalue weighted by atomic mass is 16.2. The standard InChI is InChI=1S/C21H24N8O3/c1-13-9-14(2)29(25-13)16-6-5-15(10-22-16)11-23-17(30)7-8-28-12-24-19-18(28)20(31)27(4)21(32)26(19)3/h5-6,9-10,12H,7-8,11H2,1-4H3,(H,23,30). The molecule has 0 atom stereocenters. The Labute approximate surface area is 183 Å². The van der Waals surface area contributed by atoms with Crippen LogP contribution in [0.4, 0.5) is 0 Å². The Morgan fingerprint density at radius 2 is 1.88 bits per heavy atom. The number of imidazole rings is 1. The van der Waals surface area contributed by atoms with Gasteiger partial charge in [0.05, 0.1) is 12.0 Å². The number of aromatic nitrogens is 7. The summed E-state index contributed by atoms with van der Waals surface area (Å²) in [5.41, 5.74) is 2.50. The number of nitrogens with zero attached hydrogens (tertiary/aromatic N) is 7. The smallest absolute Gasteiger partial charge is 0.332 e. The maximum atomic E-state index is 12.5. The van der Waals surface area contributed by atoms with Crippen LogP contribution in [-0.4, -0.2) is 39.4 Å². The molecular weight excluding hydrogens is 412 g/mol. The van der Waals surface area contributed by atoms with Crippen LogP contribution >= 0.6 is 0 Å². The monoisotopic (exact) mass is 436 g/mol. The fourth-order valence-electron chi connectivity index (χ4n) is 3.58. The van der Waals surface area contributed by atoms with Gasteiger partial charge in [-0.25, -0.2) is 19.4 Å². The van der Waals surface area contributed by atoms with E-state index in [2.05, 4.69) is 20.4 Å². The van der Waals surface area contributed by atoms with E-state index in [-0.39, 0.29) is 18.9 Å². The topological polar surface area (TPSA) is 122 Å². The molecule has 0 saturated carbocycles. The SMILES string of the molecule is Cc1cc(C)n(-c2ccc(CNC(=O)CCn3cnc4c3c(=O)n(C)c(=O)n4C)cn2)n1. The first-order chi connectivity index (χ1) is 15.3. The number of pyridine rings is 1. The molecule has 0 unspecified atom stereocenters. The van der Waals surface area contributed by atoms with Gasteiger partial charge < -0.3 is 9.88 Å². The molecule has 1 N–H and O–H groups in total. The van der Waals surface area contributed by atoms with E-state index in [1.165, 1.54) is 17.9 Å². The summed E-state index contributed by atoms with van der Waals surface area (Å²) in [5, 5.41) is 7.27. The number of hydrogen-bond acceptors (Lipinski definition) is 6. The molecule has 1 amide bonds. The third kappa shape index (κ3) is 3.84. The van der Waals surface area contributed by atoms with Crippen molar-refractivity contribution in [2.75, 3.05) is 0 Å². The lowest BCUT2D eigenvalue weighted by atomic mass is 10.2. The second-order valence-corrected chi connectivity index (χ2v) is 7.71. The van der Waals surface area contributed by atoms with Crippen molar-refractivity contribution in [1.29, 1.82) is 0 Å². The summed E-state index contributed by atoms with van der Waals surface area (Å²) < 4.78 is 5.72. The molecule has 4 aromatic heterocycles. The van der Waals surface area contributed by atoms with Crippen molar-refractivity contribution in [3.63, 3.8) is 0 Å². The van der Waals surface area contributed by atoms with E-state index in [0.29, 0.717) is 23.5 Å². The summed E-state index contributed by atoms with van der Waals surface area (Å²) in [7, 11) is 2.98. The summed E-state index contributed by atoms with van der Waals surface area (Å²) >= 11 is 0. The number of nitrogens with one attached hydrogen (secondary N) is 1. The average Bonchev–Trinajstić information content (AvgIpc) is 3.36. The highest BCUT2D eigenvalue weighted by Gasteiger charge is 2.15. The molecule has 0 aliphatic heterocycles. The summed E-state index contributed by atoms with van der Waals surface area (Å²) in [6.07, 6.45) is 3.34. The maximum Gasteiger partial charge on any atom is 0.332 e. The predicted octanol–water partition coefficient (Wildman–Crippen LogP) is 0.338. The van der Waals surface area contributed by atoms with Crippen molar-refractivity contribution in [2.24, 2.45) is 14.1 Å². The van der Waals surface area contributed by atoms with Crippen LogP contribution in [0, 0.1) is 13.8 Å². The number of fused-ring (bicyclic) bond motifs is 1. The van der Waals surface area contributed by atoms with Gasteiger partial charge in [0.2, 0.25) is 5.91 Å². The van der Waals surface area contributed by atoms with E-state index in [9.17, 15) is 14.4 Å². The first kappa shape index (κ1) is 21.2. The lowest BCUT2D eigenvalue weighted by Crippen LogP contribution is -2.37. The van der Waals surface area contributed by atoms with Crippen molar-refractivity contribution >= 4 is 17.1 Å². The molecule has 0 spiro atoms. The van der Waals surface area contributed by atoms with Crippen LogP contribution in [0.15, 0.2) is 40.3 Å². The minimum atomic E-state index is -0.442. The van der Waals surface area contributed by atoms with Gasteiger partial charge >= 0.3 is 5.69 Å². The summed E-state index contributed by atoms with van der Waals surface area (Å²) in [6.45, 7) is 4.50. The molecule has 4 aromatic rings. The van der Waals surface area contributed by atoms with Crippen LogP contribution in [0.5, 0.6) is 0 Å². The Hall–Kier alpha value is -4.02. The highest BCUT2D eigenvalue weighted by molar-refractivity contribution is 5.76. The van der Waals surface area contributed by atoms with Gasteiger partial charge in [0.15, 0.2) is 17.0 Å². The van der Waals surface area contributed by atoms with Crippen molar-refractivity contribution in [1.82, 2.24) is 38.8 Å². The third-order valence-corrected chi connectivity index (χ3v) is 5.32. The molecule has 32 heavy (non-hydrogen) atoms. The summed E-state index contributed by atoms with van der Waals surface area (Å²) in [6, 6.07) is 5.74. The summed E-state index contributed by atoms with van der Waals surface area (Å²) in [5.74, 6) is 0.546. The Bertz CT molecular complexity index is 1420. The van der Waals surface area contributed by atoms with Gasteiger partial charge in [-0.15, -0.1) is 0 Å². The van der Waals surface area contributed by atoms with E-state index in [4.69, 9.17) is 0 Å². The highest BCUT2D eigenvalue weighted by Crippen LogP contribution is 2.10. The van der Waals surface area contributed by atoms with Crippen LogP contribution in [0.25, 0.3) is 17.0 Å². The Morgan fingerprint density at radius 1 is 1.09 bits per heavy atom. The van der Waals surface area contributed by atoms with Crippen molar-refractivity contribution in [3.8, 4) is 5.82 Å². The number of aryl methyl sites for hydroxylation is 4. The molecule has 0 bridgehead atoms. The first-order valence-corrected chi connectivity index (χ1v) is 10.1. The molecule has 0 saturated heterocycles. The number of carbonyl (C=O) groups excluding carboxylic acids is 1. The average molecular weight is 436 g/mol. The van der Waals surface area contributed by atoms with Gasteiger partial charge in [-0.2, -0.15) is 5.10 Å². The fourth-order valence-corrected chi connectivity index (χ4v) is 3.58. The van der Waals surface area contributed by atoms with Gasteiger partial charge in [-0.05, 0) is 31.5 Å². The van der Waals surface area contributed by atoms with Crippen LogP contribution in [0.2, 0.25) is 0 Å². The predicted molar refractivity (Wildman–Crippen MR) is 118 cm³/mol. The summed E-state index contributed by atoms with van der Waals surface area (Å²) in [4.78, 5) is 45.4. The fraction of sp³-hybridized carbons (Fsp3) is 0.333. The van der Waals surface area contributed by atoms with Crippen molar-refractivity contribution in [2.45, 2.75) is 33.4 Å². The lowest BCUT2D eigenvalue weighted by Gasteiger charge is -2.08. The minimum absolute atomic E-state index is 0.161. The zero-order valence-electron chi connectivity index (χ0n) is 18.4. The van der Waals surface area contributed by atoms with Gasteiger partial charge in [0.1, 0.15) is 0 Å². The molecule has 4 heterocycles. The largest absolute Gasteiger partial charge is 0.352 e. The van der Waals surface area contributed by atoms with Crippen LogP contribution in [0.3, 0.4) is 0 Å². The molecule has 0 fully saturated rings. The molecule has 0 aromatic carbocycles. The molecule has 11 heteroatoms. The van der Waals surface area contributed by atoms with Crippen molar-refractivity contribution < 1.29 is 4.79 Å². The second kappa shape index (κ2) is 8.25. The molecule has 0 aliphatic carbocycles. The number of amides is 1. The molecule has 11 nitrogen and oxygen atoms in total. The van der Waals surface area contributed by atoms with E-state index < -0.39 is 11.2 Å². The zero-order chi connectivity index (χ0) is 23.0. The number of hydrogen-bond donors (Lipinski definition) is 1. The van der Waals surface area contributed by atoms with Crippen LogP contribution in [-0.2, 0) is 32.0 Å². The molecule has 0 radical (unpaired) electrons. The lowest BCUT2D eigenvalue weighted by molar-refractivity contribution is -0.121. The first-order valence-electron chi connectivity index (χ1n) is 10.1. The molecule has 166 valence electrons.